The molecule has 0 nitrogen and oxygen atoms in total. The van der Waals surface area contributed by atoms with Gasteiger partial charge in [-0.05, 0) is 5.57 Å². The van der Waals surface area contributed by atoms with Crippen molar-refractivity contribution < 1.29 is 4.39 Å². The summed E-state index contributed by atoms with van der Waals surface area (Å²) in [5, 5.41) is 0. The van der Waals surface area contributed by atoms with Crippen LogP contribution in [0.25, 0.3) is 0 Å². The lowest BCUT2D eigenvalue weighted by atomic mass is 10.4. The van der Waals surface area contributed by atoms with E-state index in [0.717, 1.165) is 0 Å². The lowest BCUT2D eigenvalue weighted by molar-refractivity contribution is 0.545. The molecule has 0 radical (unpaired) electrons. The van der Waals surface area contributed by atoms with Crippen molar-refractivity contribution in [2.24, 2.45) is 0 Å². The van der Waals surface area contributed by atoms with Crippen LogP contribution in [0.1, 0.15) is 0 Å². The van der Waals surface area contributed by atoms with E-state index in [0.29, 0.717) is 5.57 Å². The highest BCUT2D eigenvalue weighted by Gasteiger charge is 1.83. The molecule has 0 unspecified atom stereocenters. The number of alkyl halides is 2. The fourth-order valence-corrected chi connectivity index (χ4v) is 0.107. The van der Waals surface area contributed by atoms with Crippen LogP contribution < -0.4 is 0 Å². The molecule has 36 valence electrons. The Balaban J connectivity index is 2.99. The van der Waals surface area contributed by atoms with Gasteiger partial charge in [0.05, 0.1) is 0 Å². The Labute approximate surface area is 41.6 Å². The molecule has 0 fully saturated rings. The fraction of sp³-hybridized carbons (Fsp3) is 0.500. The van der Waals surface area contributed by atoms with Gasteiger partial charge in [0.1, 0.15) is 6.67 Å². The van der Waals surface area contributed by atoms with Gasteiger partial charge < -0.3 is 0 Å². The van der Waals surface area contributed by atoms with E-state index in [1.807, 2.05) is 0 Å². The van der Waals surface area contributed by atoms with Crippen LogP contribution in [0, 0.1) is 0 Å². The van der Waals surface area contributed by atoms with Crippen molar-refractivity contribution in [2.45, 2.75) is 0 Å². The minimum absolute atomic E-state index is 0.233. The Bertz CT molecular complexity index is 45.5. The predicted octanol–water partition coefficient (Wildman–Crippen LogP) is 1.75. The topological polar surface area (TPSA) is 0 Å². The molecule has 2 heteroatoms. The highest BCUT2D eigenvalue weighted by molar-refractivity contribution is 6.19. The molecular formula is C4H6ClF. The van der Waals surface area contributed by atoms with Gasteiger partial charge in [0.25, 0.3) is 0 Å². The smallest absolute Gasteiger partial charge is 0.111 e. The second-order valence-electron chi connectivity index (χ2n) is 1.02. The highest BCUT2D eigenvalue weighted by atomic mass is 35.5. The van der Waals surface area contributed by atoms with Gasteiger partial charge in [0.15, 0.2) is 0 Å². The van der Waals surface area contributed by atoms with Crippen LogP contribution in [0.15, 0.2) is 12.2 Å². The molecule has 0 aliphatic heterocycles. The first-order valence-electron chi connectivity index (χ1n) is 1.60. The quantitative estimate of drug-likeness (QED) is 0.374. The van der Waals surface area contributed by atoms with E-state index in [1.165, 1.54) is 0 Å². The molecule has 0 aliphatic rings. The maximum absolute atomic E-state index is 11.2. The summed E-state index contributed by atoms with van der Waals surface area (Å²) in [6.07, 6.45) is 0. The zero-order valence-corrected chi connectivity index (χ0v) is 4.13. The normalized spacial score (nSPS) is 8.33. The molecule has 0 heterocycles. The van der Waals surface area contributed by atoms with Crippen LogP contribution in [0.4, 0.5) is 4.39 Å². The van der Waals surface area contributed by atoms with Crippen LogP contribution in [-0.4, -0.2) is 12.6 Å². The summed E-state index contributed by atoms with van der Waals surface area (Å²) in [7, 11) is 0. The number of allylic oxidation sites excluding steroid dienone is 1. The molecule has 6 heavy (non-hydrogen) atoms. The van der Waals surface area contributed by atoms with Gasteiger partial charge in [0, 0.05) is 5.88 Å². The van der Waals surface area contributed by atoms with E-state index in [2.05, 4.69) is 6.58 Å². The Morgan fingerprint density at radius 2 is 2.33 bits per heavy atom. The van der Waals surface area contributed by atoms with Crippen molar-refractivity contribution in [2.75, 3.05) is 12.6 Å². The molecule has 0 aliphatic carbocycles. The average Bonchev–Trinajstić information content (AvgIpc) is 1.65. The standard InChI is InChI=1S/C4H6ClF/c1-4(2-5)3-6/h1-3H2. The maximum atomic E-state index is 11.2. The van der Waals surface area contributed by atoms with E-state index in [9.17, 15) is 4.39 Å². The van der Waals surface area contributed by atoms with Crippen molar-refractivity contribution in [1.29, 1.82) is 0 Å². The Morgan fingerprint density at radius 1 is 1.83 bits per heavy atom. The summed E-state index contributed by atoms with van der Waals surface area (Å²) < 4.78 is 11.2. The second-order valence-corrected chi connectivity index (χ2v) is 1.28. The van der Waals surface area contributed by atoms with E-state index < -0.39 is 6.67 Å². The van der Waals surface area contributed by atoms with Crippen LogP contribution in [0.2, 0.25) is 0 Å². The van der Waals surface area contributed by atoms with Crippen LogP contribution in [0.5, 0.6) is 0 Å². The summed E-state index contributed by atoms with van der Waals surface area (Å²) in [6.45, 7) is 2.79. The lowest BCUT2D eigenvalue weighted by Crippen LogP contribution is -1.80. The monoisotopic (exact) mass is 108 g/mol. The SMILES string of the molecule is C=C(CF)CCl. The second kappa shape index (κ2) is 3.16. The molecule has 0 saturated carbocycles. The summed E-state index contributed by atoms with van der Waals surface area (Å²) in [6, 6.07) is 0. The Morgan fingerprint density at radius 3 is 2.33 bits per heavy atom. The van der Waals surface area contributed by atoms with Gasteiger partial charge in [0.2, 0.25) is 0 Å². The molecule has 0 atom stereocenters. The zero-order chi connectivity index (χ0) is 4.99. The number of hydrogen-bond donors (Lipinski definition) is 0. The first-order valence-corrected chi connectivity index (χ1v) is 2.13. The molecule has 0 aromatic heterocycles. The zero-order valence-electron chi connectivity index (χ0n) is 3.38. The third kappa shape index (κ3) is 2.21. The van der Waals surface area contributed by atoms with Gasteiger partial charge in [-0.25, -0.2) is 4.39 Å². The summed E-state index contributed by atoms with van der Waals surface area (Å²) >= 11 is 5.11. The van der Waals surface area contributed by atoms with E-state index in [-0.39, 0.29) is 5.88 Å². The molecule has 0 rings (SSSR count). The number of rotatable bonds is 2. The molecule has 0 aromatic carbocycles. The largest absolute Gasteiger partial charge is 0.246 e. The van der Waals surface area contributed by atoms with Crippen molar-refractivity contribution in [3.8, 4) is 0 Å². The van der Waals surface area contributed by atoms with Gasteiger partial charge >= 0.3 is 0 Å². The number of hydrogen-bond acceptors (Lipinski definition) is 0. The fourth-order valence-electron chi connectivity index (χ4n) is 0.0357. The predicted molar refractivity (Wildman–Crippen MR) is 25.8 cm³/mol. The van der Waals surface area contributed by atoms with Crippen molar-refractivity contribution >= 4 is 11.6 Å². The van der Waals surface area contributed by atoms with Crippen molar-refractivity contribution in [1.82, 2.24) is 0 Å². The molecule has 0 N–H and O–H groups in total. The van der Waals surface area contributed by atoms with E-state index >= 15 is 0 Å². The minimum atomic E-state index is -0.497. The molecule has 0 saturated heterocycles. The molecular weight excluding hydrogens is 102 g/mol. The van der Waals surface area contributed by atoms with Crippen LogP contribution in [0.3, 0.4) is 0 Å². The first-order chi connectivity index (χ1) is 2.81. The Kier molecular flexibility index (Phi) is 3.14. The first kappa shape index (κ1) is 5.96. The average molecular weight is 109 g/mol. The third-order valence-corrected chi connectivity index (χ3v) is 0.756. The van der Waals surface area contributed by atoms with E-state index in [4.69, 9.17) is 11.6 Å². The molecule has 0 amide bonds. The lowest BCUT2D eigenvalue weighted by Gasteiger charge is -1.84. The van der Waals surface area contributed by atoms with Crippen molar-refractivity contribution in [3.63, 3.8) is 0 Å². The van der Waals surface area contributed by atoms with Crippen molar-refractivity contribution in [3.05, 3.63) is 12.2 Å². The van der Waals surface area contributed by atoms with Gasteiger partial charge in [-0.3, -0.25) is 0 Å². The third-order valence-electron chi connectivity index (χ3n) is 0.378. The molecule has 0 bridgehead atoms. The van der Waals surface area contributed by atoms with Gasteiger partial charge in [-0.15, -0.1) is 11.6 Å². The summed E-state index contributed by atoms with van der Waals surface area (Å²) in [5.41, 5.74) is 0.441. The molecule has 0 spiro atoms. The maximum Gasteiger partial charge on any atom is 0.111 e. The van der Waals surface area contributed by atoms with Gasteiger partial charge in [-0.2, -0.15) is 0 Å². The molecule has 0 aromatic rings. The summed E-state index contributed by atoms with van der Waals surface area (Å²) in [4.78, 5) is 0. The van der Waals surface area contributed by atoms with E-state index in [1.54, 1.807) is 0 Å². The Hall–Kier alpha value is -0.0400. The number of halogens is 2. The van der Waals surface area contributed by atoms with Crippen LogP contribution >= 0.6 is 11.6 Å². The van der Waals surface area contributed by atoms with Crippen LogP contribution in [-0.2, 0) is 0 Å². The van der Waals surface area contributed by atoms with Gasteiger partial charge in [-0.1, -0.05) is 6.58 Å². The minimum Gasteiger partial charge on any atom is -0.246 e. The summed E-state index contributed by atoms with van der Waals surface area (Å²) in [5.74, 6) is 0.233. The highest BCUT2D eigenvalue weighted by Crippen LogP contribution is 1.91.